The highest BCUT2D eigenvalue weighted by molar-refractivity contribution is 7.26. The molecule has 0 saturated heterocycles. The van der Waals surface area contributed by atoms with Crippen LogP contribution in [0.15, 0.2) is 167 Å². The molecule has 0 fully saturated rings. The van der Waals surface area contributed by atoms with Crippen LogP contribution in [0.3, 0.4) is 0 Å². The Hall–Kier alpha value is -6.50. The summed E-state index contributed by atoms with van der Waals surface area (Å²) >= 11 is 1.77. The minimum absolute atomic E-state index is 0.326. The Morgan fingerprint density at radius 1 is 0.615 bits per heavy atom. The van der Waals surface area contributed by atoms with Gasteiger partial charge in [0.1, 0.15) is 23.2 Å². The molecule has 5 nitrogen and oxygen atoms in total. The second kappa shape index (κ2) is 12.1. The number of hydrogen-bond acceptors (Lipinski definition) is 4. The van der Waals surface area contributed by atoms with E-state index in [1.54, 1.807) is 11.3 Å². The highest BCUT2D eigenvalue weighted by Crippen LogP contribution is 2.39. The zero-order valence-corrected chi connectivity index (χ0v) is 29.1. The number of aliphatic imine (C=N–C) groups is 1. The standard InChI is InChI=1S/C46H32N4OS/c1-28(48-46(49-45(47)29-12-3-2-4-13-29)37-18-11-17-36-35-16-7-10-21-43(35)52-44(36)37)30-22-24-34-38-27-31(23-25-41(38)51-42(34)26-30)50-39-19-8-5-14-32(39)33-15-6-9-20-40(33)50/h2-27,46H,1H3,(H2,47,49)/b48-28+. The summed E-state index contributed by atoms with van der Waals surface area (Å²) < 4.78 is 11.2. The number of nitrogens with zero attached hydrogens (tertiary/aromatic N) is 2. The van der Waals surface area contributed by atoms with E-state index >= 15 is 0 Å². The molecule has 0 saturated carbocycles. The molecule has 1 atom stereocenters. The van der Waals surface area contributed by atoms with Gasteiger partial charge in [0.15, 0.2) is 0 Å². The van der Waals surface area contributed by atoms with Crippen molar-refractivity contribution >= 4 is 86.8 Å². The number of nitrogens with one attached hydrogen (secondary N) is 2. The normalized spacial score (nSPS) is 12.8. The fourth-order valence-corrected chi connectivity index (χ4v) is 8.83. The number of aromatic nitrogens is 1. The van der Waals surface area contributed by atoms with Crippen LogP contribution in [0.1, 0.15) is 29.8 Å². The van der Waals surface area contributed by atoms with Crippen LogP contribution in [0.25, 0.3) is 69.6 Å². The minimum Gasteiger partial charge on any atom is -0.456 e. The first-order chi connectivity index (χ1) is 25.6. The zero-order valence-electron chi connectivity index (χ0n) is 28.3. The van der Waals surface area contributed by atoms with E-state index < -0.39 is 6.17 Å². The van der Waals surface area contributed by atoms with Gasteiger partial charge in [0, 0.05) is 64.2 Å². The van der Waals surface area contributed by atoms with Crippen LogP contribution < -0.4 is 5.32 Å². The first-order valence-corrected chi connectivity index (χ1v) is 18.2. The minimum atomic E-state index is -0.482. The van der Waals surface area contributed by atoms with Crippen molar-refractivity contribution < 1.29 is 4.42 Å². The molecule has 7 aromatic carbocycles. The molecule has 52 heavy (non-hydrogen) atoms. The van der Waals surface area contributed by atoms with Crippen molar-refractivity contribution in [2.24, 2.45) is 4.99 Å². The monoisotopic (exact) mass is 688 g/mol. The number of thiophene rings is 1. The first-order valence-electron chi connectivity index (χ1n) is 17.4. The van der Waals surface area contributed by atoms with Crippen LogP contribution in [0.5, 0.6) is 0 Å². The van der Waals surface area contributed by atoms with Crippen molar-refractivity contribution in [3.8, 4) is 5.69 Å². The van der Waals surface area contributed by atoms with Crippen molar-refractivity contribution in [2.45, 2.75) is 13.1 Å². The SMILES string of the molecule is C/C(=N\C(NC(=N)c1ccccc1)c1cccc2c1sc1ccccc12)c1ccc2c(c1)oc1ccc(-n3c4ccccc4c4ccccc43)cc12. The van der Waals surface area contributed by atoms with E-state index in [-0.39, 0.29) is 0 Å². The summed E-state index contributed by atoms with van der Waals surface area (Å²) in [5.41, 5.74) is 8.79. The molecule has 10 rings (SSSR count). The van der Waals surface area contributed by atoms with E-state index in [0.29, 0.717) is 5.84 Å². The van der Waals surface area contributed by atoms with Crippen LogP contribution in [-0.4, -0.2) is 16.1 Å². The molecule has 3 heterocycles. The number of furan rings is 1. The van der Waals surface area contributed by atoms with Gasteiger partial charge in [0.25, 0.3) is 0 Å². The Labute approximate surface area is 303 Å². The number of fused-ring (bicyclic) bond motifs is 9. The molecule has 3 aromatic heterocycles. The second-order valence-electron chi connectivity index (χ2n) is 13.2. The van der Waals surface area contributed by atoms with Gasteiger partial charge in [-0.1, -0.05) is 109 Å². The summed E-state index contributed by atoms with van der Waals surface area (Å²) in [6.07, 6.45) is -0.482. The van der Waals surface area contributed by atoms with Gasteiger partial charge >= 0.3 is 0 Å². The summed E-state index contributed by atoms with van der Waals surface area (Å²) in [5.74, 6) is 0.326. The lowest BCUT2D eigenvalue weighted by atomic mass is 10.1. The Bertz CT molecular complexity index is 2990. The second-order valence-corrected chi connectivity index (χ2v) is 14.2. The number of rotatable bonds is 6. The molecule has 1 unspecified atom stereocenters. The molecule has 0 aliphatic carbocycles. The molecular formula is C46H32N4OS. The largest absolute Gasteiger partial charge is 0.456 e. The Balaban J connectivity index is 1.07. The van der Waals surface area contributed by atoms with Crippen molar-refractivity contribution in [1.29, 1.82) is 5.41 Å². The van der Waals surface area contributed by atoms with Crippen LogP contribution in [0.4, 0.5) is 0 Å². The fourth-order valence-electron chi connectivity index (χ4n) is 7.59. The quantitative estimate of drug-likeness (QED) is 0.135. The summed E-state index contributed by atoms with van der Waals surface area (Å²) in [6, 6.07) is 54.7. The highest BCUT2D eigenvalue weighted by Gasteiger charge is 2.20. The topological polar surface area (TPSA) is 66.3 Å². The fraction of sp³-hybridized carbons (Fsp3) is 0.0435. The molecule has 6 heteroatoms. The summed E-state index contributed by atoms with van der Waals surface area (Å²) in [6.45, 7) is 2.04. The van der Waals surface area contributed by atoms with E-state index in [9.17, 15) is 0 Å². The molecule has 0 aliphatic heterocycles. The first kappa shape index (κ1) is 30.3. The van der Waals surface area contributed by atoms with Gasteiger partial charge in [-0.3, -0.25) is 10.4 Å². The molecular weight excluding hydrogens is 657 g/mol. The van der Waals surface area contributed by atoms with Crippen LogP contribution in [0, 0.1) is 5.41 Å². The van der Waals surface area contributed by atoms with Gasteiger partial charge in [0.05, 0.1) is 11.0 Å². The average Bonchev–Trinajstić information content (AvgIpc) is 3.87. The smallest absolute Gasteiger partial charge is 0.147 e. The molecule has 248 valence electrons. The number of hydrogen-bond donors (Lipinski definition) is 2. The lowest BCUT2D eigenvalue weighted by Gasteiger charge is -2.19. The predicted molar refractivity (Wildman–Crippen MR) is 219 cm³/mol. The Morgan fingerprint density at radius 3 is 2.10 bits per heavy atom. The lowest BCUT2D eigenvalue weighted by molar-refractivity contribution is 0.668. The molecule has 0 radical (unpaired) electrons. The van der Waals surface area contributed by atoms with Crippen molar-refractivity contribution in [2.75, 3.05) is 0 Å². The number of amidine groups is 1. The molecule has 2 N–H and O–H groups in total. The van der Waals surface area contributed by atoms with E-state index in [1.165, 1.54) is 42.0 Å². The molecule has 0 amide bonds. The van der Waals surface area contributed by atoms with Crippen molar-refractivity contribution in [3.63, 3.8) is 0 Å². The molecule has 0 spiro atoms. The van der Waals surface area contributed by atoms with Crippen molar-refractivity contribution in [3.05, 3.63) is 174 Å². The molecule has 0 bridgehead atoms. The van der Waals surface area contributed by atoms with Crippen LogP contribution >= 0.6 is 11.3 Å². The summed E-state index contributed by atoms with van der Waals surface area (Å²) in [5, 5.41) is 19.5. The Kier molecular flexibility index (Phi) is 7.05. The summed E-state index contributed by atoms with van der Waals surface area (Å²) in [7, 11) is 0. The third kappa shape index (κ3) is 4.91. The lowest BCUT2D eigenvalue weighted by Crippen LogP contribution is -2.28. The van der Waals surface area contributed by atoms with E-state index in [1.807, 2.05) is 37.3 Å². The number of benzene rings is 7. The van der Waals surface area contributed by atoms with E-state index in [4.69, 9.17) is 14.8 Å². The zero-order chi connectivity index (χ0) is 34.8. The summed E-state index contributed by atoms with van der Waals surface area (Å²) in [4.78, 5) is 5.30. The maximum absolute atomic E-state index is 9.01. The highest BCUT2D eigenvalue weighted by atomic mass is 32.1. The Morgan fingerprint density at radius 2 is 1.31 bits per heavy atom. The molecule has 10 aromatic rings. The van der Waals surface area contributed by atoms with E-state index in [0.717, 1.165) is 50.0 Å². The van der Waals surface area contributed by atoms with Gasteiger partial charge in [-0.25, -0.2) is 0 Å². The molecule has 0 aliphatic rings. The van der Waals surface area contributed by atoms with Crippen LogP contribution in [-0.2, 0) is 0 Å². The van der Waals surface area contributed by atoms with Crippen LogP contribution in [0.2, 0.25) is 0 Å². The third-order valence-electron chi connectivity index (χ3n) is 10.1. The maximum atomic E-state index is 9.01. The van der Waals surface area contributed by atoms with Gasteiger partial charge < -0.3 is 14.3 Å². The number of para-hydroxylation sites is 2. The van der Waals surface area contributed by atoms with Gasteiger partial charge in [-0.15, -0.1) is 11.3 Å². The van der Waals surface area contributed by atoms with Crippen molar-refractivity contribution in [1.82, 2.24) is 9.88 Å². The third-order valence-corrected chi connectivity index (χ3v) is 11.3. The van der Waals surface area contributed by atoms with Gasteiger partial charge in [0.2, 0.25) is 0 Å². The average molecular weight is 689 g/mol. The predicted octanol–water partition coefficient (Wildman–Crippen LogP) is 12.2. The van der Waals surface area contributed by atoms with Gasteiger partial charge in [-0.05, 0) is 61.0 Å². The van der Waals surface area contributed by atoms with E-state index in [2.05, 4.69) is 137 Å². The maximum Gasteiger partial charge on any atom is 0.147 e. The van der Waals surface area contributed by atoms with Gasteiger partial charge in [-0.2, -0.15) is 0 Å².